The number of furan rings is 1. The van der Waals surface area contributed by atoms with Crippen molar-refractivity contribution >= 4 is 23.4 Å². The van der Waals surface area contributed by atoms with Crippen molar-refractivity contribution in [2.24, 2.45) is 0 Å². The van der Waals surface area contributed by atoms with Crippen LogP contribution in [0, 0.1) is 0 Å². The highest BCUT2D eigenvalue weighted by Gasteiger charge is 2.34. The third kappa shape index (κ3) is 4.80. The minimum Gasteiger partial charge on any atom is -0.459 e. The van der Waals surface area contributed by atoms with E-state index in [-0.39, 0.29) is 23.5 Å². The molecule has 2 N–H and O–H groups in total. The van der Waals surface area contributed by atoms with E-state index >= 15 is 0 Å². The first-order chi connectivity index (χ1) is 15.1. The first kappa shape index (κ1) is 20.3. The molecule has 1 fully saturated rings. The molecule has 0 bridgehead atoms. The van der Waals surface area contributed by atoms with Gasteiger partial charge in [-0.15, -0.1) is 0 Å². The Morgan fingerprint density at radius 1 is 1.06 bits per heavy atom. The monoisotopic (exact) mass is 418 g/mol. The van der Waals surface area contributed by atoms with Gasteiger partial charge in [-0.05, 0) is 54.8 Å². The molecule has 3 heterocycles. The maximum atomic E-state index is 12.7. The Balaban J connectivity index is 1.32. The number of anilines is 1. The quantitative estimate of drug-likeness (QED) is 0.641. The van der Waals surface area contributed by atoms with Gasteiger partial charge in [-0.3, -0.25) is 19.4 Å². The summed E-state index contributed by atoms with van der Waals surface area (Å²) in [6.07, 6.45) is 4.41. The third-order valence-corrected chi connectivity index (χ3v) is 5.12. The van der Waals surface area contributed by atoms with E-state index in [2.05, 4.69) is 15.6 Å². The zero-order valence-electron chi connectivity index (χ0n) is 16.8. The average Bonchev–Trinajstić information content (AvgIpc) is 3.51. The number of carbonyl (C=O) groups is 3. The summed E-state index contributed by atoms with van der Waals surface area (Å²) < 4.78 is 5.07. The van der Waals surface area contributed by atoms with Crippen molar-refractivity contribution in [1.82, 2.24) is 15.2 Å². The molecule has 1 aliphatic heterocycles. The molecule has 1 atom stereocenters. The van der Waals surface area contributed by atoms with Crippen LogP contribution >= 0.6 is 0 Å². The predicted octanol–water partition coefficient (Wildman–Crippen LogP) is 2.85. The highest BCUT2D eigenvalue weighted by Crippen LogP contribution is 2.20. The zero-order chi connectivity index (χ0) is 21.6. The SMILES string of the molecule is O=C(Nc1ccc(CNC(=O)[C@@H]2CCCN2C(=O)c2ccccn2)cc1)c1ccco1. The maximum absolute atomic E-state index is 12.7. The van der Waals surface area contributed by atoms with E-state index in [9.17, 15) is 14.4 Å². The largest absolute Gasteiger partial charge is 0.459 e. The highest BCUT2D eigenvalue weighted by molar-refractivity contribution is 6.02. The van der Waals surface area contributed by atoms with Gasteiger partial charge in [0.2, 0.25) is 5.91 Å². The lowest BCUT2D eigenvalue weighted by Crippen LogP contribution is -2.45. The molecule has 2 aromatic heterocycles. The maximum Gasteiger partial charge on any atom is 0.291 e. The van der Waals surface area contributed by atoms with Crippen LogP contribution in [-0.2, 0) is 11.3 Å². The van der Waals surface area contributed by atoms with Gasteiger partial charge in [-0.1, -0.05) is 18.2 Å². The number of amides is 3. The second-order valence-electron chi connectivity index (χ2n) is 7.22. The summed E-state index contributed by atoms with van der Waals surface area (Å²) in [6.45, 7) is 0.866. The molecular weight excluding hydrogens is 396 g/mol. The Morgan fingerprint density at radius 3 is 2.61 bits per heavy atom. The summed E-state index contributed by atoms with van der Waals surface area (Å²) in [4.78, 5) is 43.1. The number of likely N-dealkylation sites (tertiary alicyclic amines) is 1. The van der Waals surface area contributed by atoms with Crippen molar-refractivity contribution < 1.29 is 18.8 Å². The fraction of sp³-hybridized carbons (Fsp3) is 0.217. The van der Waals surface area contributed by atoms with Gasteiger partial charge < -0.3 is 20.0 Å². The molecule has 0 spiro atoms. The van der Waals surface area contributed by atoms with Crippen molar-refractivity contribution in [1.29, 1.82) is 0 Å². The fourth-order valence-corrected chi connectivity index (χ4v) is 3.53. The van der Waals surface area contributed by atoms with Crippen LogP contribution in [0.25, 0.3) is 0 Å². The van der Waals surface area contributed by atoms with Crippen LogP contribution in [0.2, 0.25) is 0 Å². The first-order valence-electron chi connectivity index (χ1n) is 10.1. The highest BCUT2D eigenvalue weighted by atomic mass is 16.3. The molecule has 0 radical (unpaired) electrons. The van der Waals surface area contributed by atoms with Crippen LogP contribution in [0.5, 0.6) is 0 Å². The zero-order valence-corrected chi connectivity index (χ0v) is 16.8. The van der Waals surface area contributed by atoms with Crippen LogP contribution in [0.15, 0.2) is 71.5 Å². The molecule has 31 heavy (non-hydrogen) atoms. The summed E-state index contributed by atoms with van der Waals surface area (Å²) in [5.41, 5.74) is 1.85. The molecule has 1 saturated heterocycles. The minimum atomic E-state index is -0.499. The second-order valence-corrected chi connectivity index (χ2v) is 7.22. The van der Waals surface area contributed by atoms with Crippen LogP contribution < -0.4 is 10.6 Å². The summed E-state index contributed by atoms with van der Waals surface area (Å²) in [7, 11) is 0. The van der Waals surface area contributed by atoms with E-state index in [1.807, 2.05) is 12.1 Å². The van der Waals surface area contributed by atoms with Crippen LogP contribution in [0.3, 0.4) is 0 Å². The smallest absolute Gasteiger partial charge is 0.291 e. The minimum absolute atomic E-state index is 0.183. The van der Waals surface area contributed by atoms with Gasteiger partial charge >= 0.3 is 0 Å². The van der Waals surface area contributed by atoms with Gasteiger partial charge in [0, 0.05) is 25.0 Å². The lowest BCUT2D eigenvalue weighted by atomic mass is 10.1. The number of hydrogen-bond donors (Lipinski definition) is 2. The number of hydrogen-bond acceptors (Lipinski definition) is 5. The number of carbonyl (C=O) groups excluding carboxylic acids is 3. The number of aromatic nitrogens is 1. The van der Waals surface area contributed by atoms with E-state index in [0.717, 1.165) is 12.0 Å². The number of rotatable bonds is 6. The van der Waals surface area contributed by atoms with Crippen molar-refractivity contribution in [3.63, 3.8) is 0 Å². The van der Waals surface area contributed by atoms with E-state index < -0.39 is 6.04 Å². The molecule has 0 saturated carbocycles. The van der Waals surface area contributed by atoms with Crippen molar-refractivity contribution in [3.8, 4) is 0 Å². The molecule has 3 amide bonds. The first-order valence-corrected chi connectivity index (χ1v) is 10.1. The van der Waals surface area contributed by atoms with Crippen LogP contribution in [0.4, 0.5) is 5.69 Å². The van der Waals surface area contributed by atoms with Crippen LogP contribution in [-0.4, -0.2) is 40.2 Å². The molecule has 8 heteroatoms. The van der Waals surface area contributed by atoms with Gasteiger partial charge in [0.05, 0.1) is 6.26 Å². The molecule has 1 aliphatic rings. The van der Waals surface area contributed by atoms with E-state index in [1.165, 1.54) is 6.26 Å². The molecular formula is C23H22N4O4. The van der Waals surface area contributed by atoms with Gasteiger partial charge in [0.25, 0.3) is 11.8 Å². The summed E-state index contributed by atoms with van der Waals surface area (Å²) in [5.74, 6) is -0.505. The van der Waals surface area contributed by atoms with Crippen molar-refractivity contribution in [2.45, 2.75) is 25.4 Å². The van der Waals surface area contributed by atoms with Crippen LogP contribution in [0.1, 0.15) is 39.4 Å². The number of benzene rings is 1. The Hall–Kier alpha value is -3.94. The molecule has 8 nitrogen and oxygen atoms in total. The third-order valence-electron chi connectivity index (χ3n) is 5.12. The number of pyridine rings is 1. The Labute approximate surface area is 179 Å². The van der Waals surface area contributed by atoms with E-state index in [4.69, 9.17) is 4.42 Å². The molecule has 0 unspecified atom stereocenters. The Morgan fingerprint density at radius 2 is 1.90 bits per heavy atom. The number of nitrogens with one attached hydrogen (secondary N) is 2. The summed E-state index contributed by atoms with van der Waals surface area (Å²) in [6, 6.07) is 15.1. The van der Waals surface area contributed by atoms with Gasteiger partial charge in [0.1, 0.15) is 11.7 Å². The Bertz CT molecular complexity index is 1050. The summed E-state index contributed by atoms with van der Waals surface area (Å²) >= 11 is 0. The molecule has 4 rings (SSSR count). The standard InChI is InChI=1S/C23H22N4O4/c28-21(19-6-3-13-27(19)23(30)18-5-1-2-12-24-18)25-15-16-8-10-17(11-9-16)26-22(29)20-7-4-14-31-20/h1-2,4-5,7-12,14,19H,3,6,13,15H2,(H,25,28)(H,26,29)/t19-/m0/s1. The average molecular weight is 418 g/mol. The molecule has 0 aliphatic carbocycles. The lowest BCUT2D eigenvalue weighted by molar-refractivity contribution is -0.125. The molecule has 3 aromatic rings. The van der Waals surface area contributed by atoms with Gasteiger partial charge in [0.15, 0.2) is 5.76 Å². The molecule has 158 valence electrons. The molecule has 1 aromatic carbocycles. The Kier molecular flexibility index (Phi) is 6.07. The van der Waals surface area contributed by atoms with Crippen molar-refractivity contribution in [3.05, 3.63) is 84.1 Å². The number of nitrogens with zero attached hydrogens (tertiary/aromatic N) is 2. The second kappa shape index (κ2) is 9.25. The fourth-order valence-electron chi connectivity index (χ4n) is 3.53. The van der Waals surface area contributed by atoms with Crippen molar-refractivity contribution in [2.75, 3.05) is 11.9 Å². The van der Waals surface area contributed by atoms with Gasteiger partial charge in [-0.25, -0.2) is 0 Å². The summed E-state index contributed by atoms with van der Waals surface area (Å²) in [5, 5.41) is 5.65. The predicted molar refractivity (Wildman–Crippen MR) is 113 cm³/mol. The van der Waals surface area contributed by atoms with E-state index in [1.54, 1.807) is 53.6 Å². The topological polar surface area (TPSA) is 105 Å². The normalized spacial score (nSPS) is 15.5. The van der Waals surface area contributed by atoms with E-state index in [0.29, 0.717) is 30.9 Å². The lowest BCUT2D eigenvalue weighted by Gasteiger charge is -2.23. The van der Waals surface area contributed by atoms with Gasteiger partial charge in [-0.2, -0.15) is 0 Å².